The first-order valence-corrected chi connectivity index (χ1v) is 16.0. The third-order valence-electron chi connectivity index (χ3n) is 8.85. The minimum atomic E-state index is -0.598. The minimum absolute atomic E-state index is 0.0124. The van der Waals surface area contributed by atoms with Crippen LogP contribution in [0.25, 0.3) is 28.3 Å². The molecule has 2 aliphatic rings. The smallest absolute Gasteiger partial charge is 0.381 e. The van der Waals surface area contributed by atoms with Gasteiger partial charge in [0.1, 0.15) is 6.33 Å². The van der Waals surface area contributed by atoms with Crippen molar-refractivity contribution >= 4 is 5.78 Å². The van der Waals surface area contributed by atoms with Crippen molar-refractivity contribution in [1.29, 1.82) is 0 Å². The van der Waals surface area contributed by atoms with Gasteiger partial charge in [-0.05, 0) is 55.2 Å². The quantitative estimate of drug-likeness (QED) is 0.211. The summed E-state index contributed by atoms with van der Waals surface area (Å²) in [5, 5.41) is 8.45. The lowest BCUT2D eigenvalue weighted by atomic mass is 9.95. The summed E-state index contributed by atoms with van der Waals surface area (Å²) in [5.74, 6) is 0.366. The highest BCUT2D eigenvalue weighted by atomic mass is 16.7. The number of ether oxygens (including phenoxy) is 1. The predicted octanol–water partition coefficient (Wildman–Crippen LogP) is 4.75. The summed E-state index contributed by atoms with van der Waals surface area (Å²) >= 11 is 0. The molecule has 12 nitrogen and oxygen atoms in total. The van der Waals surface area contributed by atoms with Crippen molar-refractivity contribution in [3.8, 4) is 22.5 Å². The van der Waals surface area contributed by atoms with Crippen LogP contribution in [0, 0.1) is 0 Å². The van der Waals surface area contributed by atoms with Gasteiger partial charge in [-0.15, -0.1) is 0 Å². The van der Waals surface area contributed by atoms with Gasteiger partial charge in [-0.3, -0.25) is 29.2 Å². The summed E-state index contributed by atoms with van der Waals surface area (Å²) in [6, 6.07) is 15.8. The second-order valence-corrected chi connectivity index (χ2v) is 11.9. The van der Waals surface area contributed by atoms with E-state index in [0.717, 1.165) is 90.9 Å². The number of nitrogens with zero attached hydrogens (tertiary/aromatic N) is 5. The van der Waals surface area contributed by atoms with E-state index in [1.807, 2.05) is 57.6 Å². The number of H-pyrrole nitrogens is 1. The number of fused-ring (bicyclic) bond motifs is 1. The van der Waals surface area contributed by atoms with E-state index in [1.165, 1.54) is 6.33 Å². The molecular formula is C34H37N7O5. The van der Waals surface area contributed by atoms with Crippen LogP contribution in [0.4, 0.5) is 0 Å². The van der Waals surface area contributed by atoms with Crippen LogP contribution >= 0.6 is 0 Å². The highest BCUT2D eigenvalue weighted by Crippen LogP contribution is 2.31. The molecule has 2 N–H and O–H groups in total. The second-order valence-electron chi connectivity index (χ2n) is 11.9. The lowest BCUT2D eigenvalue weighted by Gasteiger charge is -2.28. The van der Waals surface area contributed by atoms with E-state index in [4.69, 9.17) is 14.1 Å². The lowest BCUT2D eigenvalue weighted by Crippen LogP contribution is -2.34. The summed E-state index contributed by atoms with van der Waals surface area (Å²) in [5.41, 5.74) is 9.49. The van der Waals surface area contributed by atoms with E-state index in [1.54, 1.807) is 0 Å². The van der Waals surface area contributed by atoms with Gasteiger partial charge < -0.3 is 4.74 Å². The highest BCUT2D eigenvalue weighted by molar-refractivity contribution is 5.80. The molecule has 7 rings (SSSR count). The van der Waals surface area contributed by atoms with Crippen molar-refractivity contribution in [2.24, 2.45) is 0 Å². The van der Waals surface area contributed by atoms with Gasteiger partial charge in [0.25, 0.3) is 5.56 Å². The number of benzene rings is 2. The summed E-state index contributed by atoms with van der Waals surface area (Å²) in [7, 11) is 0. The van der Waals surface area contributed by atoms with Crippen LogP contribution < -0.4 is 16.8 Å². The first kappa shape index (κ1) is 29.9. The molecule has 1 aliphatic heterocycles. The highest BCUT2D eigenvalue weighted by Gasteiger charge is 2.26. The maximum absolute atomic E-state index is 14.4. The summed E-state index contributed by atoms with van der Waals surface area (Å²) in [6.07, 6.45) is 9.92. The zero-order valence-electron chi connectivity index (χ0n) is 25.8. The Hall–Kier alpha value is -4.81. The normalized spacial score (nSPS) is 17.3. The van der Waals surface area contributed by atoms with Crippen LogP contribution in [0.1, 0.15) is 68.3 Å². The molecule has 4 heterocycles. The summed E-state index contributed by atoms with van der Waals surface area (Å²) < 4.78 is 13.9. The molecule has 1 aliphatic carbocycles. The number of hydrogen-bond donors (Lipinski definition) is 2. The number of hydroxylamine groups is 1. The molecular weight excluding hydrogens is 586 g/mol. The molecule has 2 aromatic carbocycles. The molecule has 238 valence electrons. The third kappa shape index (κ3) is 6.05. The maximum atomic E-state index is 14.4. The molecule has 1 fully saturated rings. The monoisotopic (exact) mass is 623 g/mol. The van der Waals surface area contributed by atoms with Crippen LogP contribution in [0.2, 0.25) is 0 Å². The molecule has 5 aromatic rings. The Balaban J connectivity index is 1.16. The number of rotatable bonds is 10. The van der Waals surface area contributed by atoms with Gasteiger partial charge in [0.05, 0.1) is 11.8 Å². The fraction of sp³-hybridized carbons (Fsp3) is 0.382. The molecule has 3 aromatic heterocycles. The Kier molecular flexibility index (Phi) is 8.62. The maximum Gasteiger partial charge on any atom is 0.439 e. The molecule has 0 bridgehead atoms. The second kappa shape index (κ2) is 13.3. The fourth-order valence-corrected chi connectivity index (χ4v) is 6.47. The van der Waals surface area contributed by atoms with Crippen molar-refractivity contribution in [2.75, 3.05) is 13.2 Å². The average molecular weight is 624 g/mol. The molecule has 1 saturated heterocycles. The van der Waals surface area contributed by atoms with Crippen LogP contribution in [-0.2, 0) is 22.4 Å². The SMILES string of the molecule is CCCc1c(Cc2ccc(-c3ccccc3-c3noc(=O)[nH]3)cc2)c(=O)n(C2CC=C(NOC3CCOCC3)CC2)c2ncnn12. The first-order chi connectivity index (χ1) is 22.6. The fourth-order valence-electron chi connectivity index (χ4n) is 6.47. The molecule has 1 atom stereocenters. The Morgan fingerprint density at radius 3 is 2.57 bits per heavy atom. The zero-order valence-corrected chi connectivity index (χ0v) is 25.8. The summed E-state index contributed by atoms with van der Waals surface area (Å²) in [4.78, 5) is 39.0. The number of aromatic amines is 1. The van der Waals surface area contributed by atoms with E-state index in [-0.39, 0.29) is 17.7 Å². The van der Waals surface area contributed by atoms with Gasteiger partial charge in [-0.2, -0.15) is 10.1 Å². The average Bonchev–Trinajstić information content (AvgIpc) is 3.76. The van der Waals surface area contributed by atoms with Crippen LogP contribution in [0.3, 0.4) is 0 Å². The molecule has 0 amide bonds. The lowest BCUT2D eigenvalue weighted by molar-refractivity contribution is -0.0686. The number of hydrogen-bond acceptors (Lipinski definition) is 9. The van der Waals surface area contributed by atoms with E-state index in [2.05, 4.69) is 38.7 Å². The third-order valence-corrected chi connectivity index (χ3v) is 8.85. The molecule has 12 heteroatoms. The van der Waals surface area contributed by atoms with Crippen LogP contribution in [0.15, 0.2) is 80.7 Å². The Labute approximate surface area is 265 Å². The zero-order chi connectivity index (χ0) is 31.5. The van der Waals surface area contributed by atoms with Gasteiger partial charge in [-0.25, -0.2) is 9.31 Å². The number of nitrogens with one attached hydrogen (secondary N) is 2. The Bertz CT molecular complexity index is 1960. The van der Waals surface area contributed by atoms with Gasteiger partial charge >= 0.3 is 5.76 Å². The van der Waals surface area contributed by atoms with E-state index >= 15 is 0 Å². The van der Waals surface area contributed by atoms with Gasteiger partial charge in [0, 0.05) is 42.5 Å². The predicted molar refractivity (Wildman–Crippen MR) is 171 cm³/mol. The first-order valence-electron chi connectivity index (χ1n) is 16.0. The summed E-state index contributed by atoms with van der Waals surface area (Å²) in [6.45, 7) is 3.56. The Morgan fingerprint density at radius 1 is 1.04 bits per heavy atom. The van der Waals surface area contributed by atoms with Crippen molar-refractivity contribution in [1.82, 2.24) is 34.8 Å². The van der Waals surface area contributed by atoms with E-state index in [9.17, 15) is 9.59 Å². The topological polar surface area (TPSA) is 142 Å². The van der Waals surface area contributed by atoms with Crippen molar-refractivity contribution in [3.63, 3.8) is 0 Å². The van der Waals surface area contributed by atoms with Gasteiger partial charge in [0.2, 0.25) is 5.78 Å². The van der Waals surface area contributed by atoms with Gasteiger partial charge in [-0.1, -0.05) is 73.1 Å². The Morgan fingerprint density at radius 2 is 1.85 bits per heavy atom. The van der Waals surface area contributed by atoms with E-state index in [0.29, 0.717) is 24.4 Å². The van der Waals surface area contributed by atoms with Crippen molar-refractivity contribution < 1.29 is 14.1 Å². The minimum Gasteiger partial charge on any atom is -0.381 e. The molecule has 1 unspecified atom stereocenters. The molecule has 46 heavy (non-hydrogen) atoms. The van der Waals surface area contributed by atoms with Gasteiger partial charge in [0.15, 0.2) is 5.82 Å². The largest absolute Gasteiger partial charge is 0.439 e. The number of allylic oxidation sites excluding steroid dienone is 2. The van der Waals surface area contributed by atoms with Crippen molar-refractivity contribution in [2.45, 2.75) is 70.4 Å². The van der Waals surface area contributed by atoms with E-state index < -0.39 is 5.76 Å². The van der Waals surface area contributed by atoms with Crippen LogP contribution in [-0.4, -0.2) is 48.6 Å². The number of aromatic nitrogens is 6. The standard InChI is InChI=1S/C34H37N7O5/c1-2-5-30-29(20-22-8-10-23(11-9-22)27-6-3-4-7-28(27)31-37-34(43)46-39-31)32(42)40(33-35-21-36-41(30)33)25-14-12-24(13-15-25)38-45-26-16-18-44-19-17-26/h3-4,6-12,21,25-26,38H,2,5,13-20H2,1H3,(H,37,39,43). The number of aryl methyl sites for hydroxylation is 1. The molecule has 0 spiro atoms. The molecule has 0 radical (unpaired) electrons. The van der Waals surface area contributed by atoms with Crippen molar-refractivity contribution in [3.05, 3.63) is 104 Å². The van der Waals surface area contributed by atoms with Crippen LogP contribution in [0.5, 0.6) is 0 Å². The molecule has 0 saturated carbocycles.